The minimum atomic E-state index is -0.0500. The van der Waals surface area contributed by atoms with E-state index < -0.39 is 0 Å². The lowest BCUT2D eigenvalue weighted by Crippen LogP contribution is -2.25. The number of halogens is 1. The molecule has 2 aromatic rings. The Kier molecular flexibility index (Phi) is 4.25. The minimum Gasteiger partial charge on any atom is -0.355 e. The number of allylic oxidation sites excluding steroid dienone is 3. The van der Waals surface area contributed by atoms with Gasteiger partial charge in [0.1, 0.15) is 0 Å². The molecular weight excluding hydrogens is 316 g/mol. The standard InChI is InChI=1S/C21H21ClN2/c1-5-17(22)18(6-2)23-14-11-12-16-20(13-14)24-19-10-8-7-9-15(19)21(16,3)4/h5-13,23-24H,1-2H2,3-4H3/b18-17-. The summed E-state index contributed by atoms with van der Waals surface area (Å²) in [5.41, 5.74) is 6.46. The summed E-state index contributed by atoms with van der Waals surface area (Å²) in [6.45, 7) is 12.0. The van der Waals surface area contributed by atoms with E-state index in [1.54, 1.807) is 12.2 Å². The van der Waals surface area contributed by atoms with Gasteiger partial charge in [0.2, 0.25) is 0 Å². The van der Waals surface area contributed by atoms with Crippen molar-refractivity contribution in [2.24, 2.45) is 0 Å². The van der Waals surface area contributed by atoms with Gasteiger partial charge in [-0.15, -0.1) is 0 Å². The largest absolute Gasteiger partial charge is 0.355 e. The zero-order valence-electron chi connectivity index (χ0n) is 14.0. The van der Waals surface area contributed by atoms with Gasteiger partial charge in [-0.1, -0.05) is 62.9 Å². The van der Waals surface area contributed by atoms with Crippen LogP contribution in [0.25, 0.3) is 0 Å². The van der Waals surface area contributed by atoms with Gasteiger partial charge in [0.05, 0.1) is 10.7 Å². The van der Waals surface area contributed by atoms with Gasteiger partial charge in [0.25, 0.3) is 0 Å². The second-order valence-electron chi connectivity index (χ2n) is 6.35. The van der Waals surface area contributed by atoms with Crippen LogP contribution in [0.1, 0.15) is 25.0 Å². The number of hydrogen-bond acceptors (Lipinski definition) is 2. The summed E-state index contributed by atoms with van der Waals surface area (Å²) in [5.74, 6) is 0. The van der Waals surface area contributed by atoms with Gasteiger partial charge in [-0.25, -0.2) is 0 Å². The van der Waals surface area contributed by atoms with Crippen LogP contribution in [-0.2, 0) is 5.41 Å². The Morgan fingerprint density at radius 3 is 2.46 bits per heavy atom. The molecule has 0 unspecified atom stereocenters. The van der Waals surface area contributed by atoms with E-state index in [0.29, 0.717) is 5.03 Å². The highest BCUT2D eigenvalue weighted by molar-refractivity contribution is 6.31. The molecule has 0 saturated carbocycles. The smallest absolute Gasteiger partial charge is 0.0634 e. The molecule has 1 aliphatic rings. The lowest BCUT2D eigenvalue weighted by Gasteiger charge is -2.36. The van der Waals surface area contributed by atoms with E-state index in [0.717, 1.165) is 22.8 Å². The van der Waals surface area contributed by atoms with Crippen molar-refractivity contribution in [3.05, 3.63) is 89.6 Å². The molecule has 1 aliphatic heterocycles. The van der Waals surface area contributed by atoms with Crippen molar-refractivity contribution in [2.45, 2.75) is 19.3 Å². The van der Waals surface area contributed by atoms with E-state index >= 15 is 0 Å². The molecule has 3 rings (SSSR count). The molecule has 0 atom stereocenters. The Bertz CT molecular complexity index is 847. The van der Waals surface area contributed by atoms with Crippen LogP contribution in [0.5, 0.6) is 0 Å². The molecule has 24 heavy (non-hydrogen) atoms. The highest BCUT2D eigenvalue weighted by Crippen LogP contribution is 2.45. The first-order valence-electron chi connectivity index (χ1n) is 7.90. The Hall–Kier alpha value is -2.45. The fraction of sp³-hybridized carbons (Fsp3) is 0.143. The summed E-state index contributed by atoms with van der Waals surface area (Å²) in [7, 11) is 0. The number of nitrogens with one attached hydrogen (secondary N) is 2. The number of benzene rings is 2. The van der Waals surface area contributed by atoms with Gasteiger partial charge in [0.15, 0.2) is 0 Å². The lowest BCUT2D eigenvalue weighted by atomic mass is 9.74. The summed E-state index contributed by atoms with van der Waals surface area (Å²) in [6.07, 6.45) is 3.29. The van der Waals surface area contributed by atoms with Crippen LogP contribution in [0.2, 0.25) is 0 Å². The van der Waals surface area contributed by atoms with E-state index in [-0.39, 0.29) is 5.41 Å². The molecule has 0 fully saturated rings. The van der Waals surface area contributed by atoms with Gasteiger partial charge in [-0.2, -0.15) is 0 Å². The van der Waals surface area contributed by atoms with Crippen LogP contribution in [-0.4, -0.2) is 0 Å². The maximum absolute atomic E-state index is 6.15. The fourth-order valence-electron chi connectivity index (χ4n) is 3.17. The molecule has 0 saturated heterocycles. The lowest BCUT2D eigenvalue weighted by molar-refractivity contribution is 0.638. The Labute approximate surface area is 148 Å². The zero-order valence-corrected chi connectivity index (χ0v) is 14.7. The van der Waals surface area contributed by atoms with Gasteiger partial charge < -0.3 is 10.6 Å². The molecule has 0 bridgehead atoms. The third kappa shape index (κ3) is 2.74. The quantitative estimate of drug-likeness (QED) is 0.640. The highest BCUT2D eigenvalue weighted by atomic mass is 35.5. The third-order valence-electron chi connectivity index (χ3n) is 4.48. The van der Waals surface area contributed by atoms with E-state index in [4.69, 9.17) is 11.6 Å². The molecule has 2 N–H and O–H groups in total. The average Bonchev–Trinajstić information content (AvgIpc) is 2.59. The van der Waals surface area contributed by atoms with E-state index in [1.807, 2.05) is 0 Å². The molecule has 0 radical (unpaired) electrons. The fourth-order valence-corrected chi connectivity index (χ4v) is 3.30. The Morgan fingerprint density at radius 2 is 1.75 bits per heavy atom. The van der Waals surface area contributed by atoms with Crippen LogP contribution < -0.4 is 10.6 Å². The molecule has 3 heteroatoms. The van der Waals surface area contributed by atoms with Gasteiger partial charge in [-0.3, -0.25) is 0 Å². The van der Waals surface area contributed by atoms with Crippen molar-refractivity contribution in [1.82, 2.24) is 0 Å². The van der Waals surface area contributed by atoms with E-state index in [2.05, 4.69) is 80.1 Å². The number of para-hydroxylation sites is 1. The molecule has 0 spiro atoms. The second-order valence-corrected chi connectivity index (χ2v) is 6.76. The van der Waals surface area contributed by atoms with E-state index in [9.17, 15) is 0 Å². The molecule has 122 valence electrons. The Morgan fingerprint density at radius 1 is 1.04 bits per heavy atom. The summed E-state index contributed by atoms with van der Waals surface area (Å²) < 4.78 is 0. The molecular formula is C21H21ClN2. The summed E-state index contributed by atoms with van der Waals surface area (Å²) >= 11 is 6.15. The first kappa shape index (κ1) is 16.4. The van der Waals surface area contributed by atoms with Crippen molar-refractivity contribution < 1.29 is 0 Å². The van der Waals surface area contributed by atoms with Crippen LogP contribution in [0.15, 0.2) is 78.5 Å². The van der Waals surface area contributed by atoms with Crippen molar-refractivity contribution >= 4 is 28.7 Å². The Balaban J connectivity index is 2.02. The predicted octanol–water partition coefficient (Wildman–Crippen LogP) is 6.30. The normalized spacial score (nSPS) is 15.3. The van der Waals surface area contributed by atoms with Gasteiger partial charge >= 0.3 is 0 Å². The van der Waals surface area contributed by atoms with Crippen LogP contribution in [0.3, 0.4) is 0 Å². The first-order chi connectivity index (χ1) is 11.5. The monoisotopic (exact) mass is 336 g/mol. The number of fused-ring (bicyclic) bond motifs is 2. The van der Waals surface area contributed by atoms with Crippen LogP contribution in [0, 0.1) is 0 Å². The van der Waals surface area contributed by atoms with Crippen molar-refractivity contribution in [3.63, 3.8) is 0 Å². The average molecular weight is 337 g/mol. The van der Waals surface area contributed by atoms with Crippen LogP contribution >= 0.6 is 11.6 Å². The van der Waals surface area contributed by atoms with Crippen molar-refractivity contribution in [2.75, 3.05) is 10.6 Å². The van der Waals surface area contributed by atoms with Gasteiger partial charge in [0, 0.05) is 22.5 Å². The maximum Gasteiger partial charge on any atom is 0.0634 e. The predicted molar refractivity (Wildman–Crippen MR) is 105 cm³/mol. The first-order valence-corrected chi connectivity index (χ1v) is 8.28. The number of hydrogen-bond donors (Lipinski definition) is 2. The van der Waals surface area contributed by atoms with E-state index in [1.165, 1.54) is 11.1 Å². The summed E-state index contributed by atoms with van der Waals surface area (Å²) in [4.78, 5) is 0. The van der Waals surface area contributed by atoms with Gasteiger partial charge in [-0.05, 0) is 41.5 Å². The third-order valence-corrected chi connectivity index (χ3v) is 4.84. The zero-order chi connectivity index (χ0) is 17.3. The van der Waals surface area contributed by atoms with Crippen molar-refractivity contribution in [1.29, 1.82) is 0 Å². The maximum atomic E-state index is 6.15. The molecule has 1 heterocycles. The molecule has 0 amide bonds. The second kappa shape index (κ2) is 6.21. The number of anilines is 3. The molecule has 2 nitrogen and oxygen atoms in total. The molecule has 2 aromatic carbocycles. The number of rotatable bonds is 4. The van der Waals surface area contributed by atoms with Crippen LogP contribution in [0.4, 0.5) is 17.1 Å². The molecule has 0 aromatic heterocycles. The van der Waals surface area contributed by atoms with Crippen molar-refractivity contribution in [3.8, 4) is 0 Å². The summed E-state index contributed by atoms with van der Waals surface area (Å²) in [5, 5.41) is 7.38. The SMILES string of the molecule is C=C/C(Cl)=C(\C=C)Nc1ccc2c(c1)Nc1ccccc1C2(C)C. The topological polar surface area (TPSA) is 24.1 Å². The minimum absolute atomic E-state index is 0.0500. The summed E-state index contributed by atoms with van der Waals surface area (Å²) in [6, 6.07) is 14.8. The molecule has 0 aliphatic carbocycles. The highest BCUT2D eigenvalue weighted by Gasteiger charge is 2.32.